The number of benzene rings is 4. The van der Waals surface area contributed by atoms with Crippen LogP contribution in [-0.2, 0) is 10.8 Å². The highest BCUT2D eigenvalue weighted by atomic mass is 14.9. The summed E-state index contributed by atoms with van der Waals surface area (Å²) >= 11 is 0. The number of pyridine rings is 1. The number of hydrogen-bond acceptors (Lipinski definition) is 5. The number of nitrogens with zero attached hydrogens (tertiary/aromatic N) is 5. The summed E-state index contributed by atoms with van der Waals surface area (Å²) in [6.07, 6.45) is 0. The molecule has 340 valence electrons. The normalized spacial score (nSPS) is 13.9. The molecule has 4 aromatic carbocycles. The first-order valence-corrected chi connectivity index (χ1v) is 23.7. The molecule has 3 heterocycles. The second kappa shape index (κ2) is 16.0. The average molecular weight is 866 g/mol. The molecule has 0 atom stereocenters. The summed E-state index contributed by atoms with van der Waals surface area (Å²) in [6, 6.07) is 0. The predicted molar refractivity (Wildman–Crippen MR) is 278 cm³/mol. The first kappa shape index (κ1) is 47.7. The van der Waals surface area contributed by atoms with Crippen molar-refractivity contribution in [2.45, 2.75) is 184 Å². The van der Waals surface area contributed by atoms with E-state index in [1.165, 1.54) is 150 Å². The molecule has 0 saturated heterocycles. The average Bonchev–Trinajstić information content (AvgIpc) is 3.62. The van der Waals surface area contributed by atoms with Gasteiger partial charge in [0.05, 0.1) is 22.4 Å². The lowest BCUT2D eigenvalue weighted by molar-refractivity contribution is 0.641. The molecule has 7 aromatic rings. The summed E-state index contributed by atoms with van der Waals surface area (Å²) in [5.74, 6) is 1.73. The summed E-state index contributed by atoms with van der Waals surface area (Å²) in [6.45, 7) is 55.4. The molecule has 0 N–H and O–H groups in total. The van der Waals surface area contributed by atoms with Crippen molar-refractivity contribution in [2.24, 2.45) is 0 Å². The first-order valence-electron chi connectivity index (χ1n) is 23.7. The Hall–Kier alpha value is -5.29. The topological polar surface area (TPSA) is 64.5 Å². The monoisotopic (exact) mass is 866 g/mol. The molecule has 5 nitrogen and oxygen atoms in total. The summed E-state index contributed by atoms with van der Waals surface area (Å²) in [5, 5.41) is 2.70. The van der Waals surface area contributed by atoms with Crippen LogP contribution >= 0.6 is 0 Å². The lowest BCUT2D eigenvalue weighted by Crippen LogP contribution is -2.19. The van der Waals surface area contributed by atoms with Gasteiger partial charge in [-0.3, -0.25) is 0 Å². The van der Waals surface area contributed by atoms with Crippen molar-refractivity contribution in [3.63, 3.8) is 0 Å². The van der Waals surface area contributed by atoms with Crippen LogP contribution < -0.4 is 0 Å². The van der Waals surface area contributed by atoms with Crippen LogP contribution in [0.3, 0.4) is 0 Å². The van der Waals surface area contributed by atoms with Gasteiger partial charge >= 0.3 is 0 Å². The van der Waals surface area contributed by atoms with Crippen molar-refractivity contribution >= 4 is 21.8 Å². The minimum Gasteiger partial charge on any atom is -0.247 e. The van der Waals surface area contributed by atoms with Crippen molar-refractivity contribution < 1.29 is 0 Å². The molecule has 2 aliphatic carbocycles. The van der Waals surface area contributed by atoms with Crippen molar-refractivity contribution in [3.8, 4) is 22.5 Å². The number of fused-ring (bicyclic) bond motifs is 8. The standard InChI is InChI=1S/C22H27N.2C19H24N2/c1-10-12(3)16(7)21-19(14(10)5)18(9)20-15(6)11(2)13(4)17(8)22(20)23-21;2*1-9-10(2)12(4)16-15(11(9)3)18-17(19(16,7)8)13(5)20-14(6)21-18/h1-9H3;2*1-8H3. The molecule has 65 heavy (non-hydrogen) atoms. The van der Waals surface area contributed by atoms with Crippen molar-refractivity contribution in [2.75, 3.05) is 0 Å². The number of aromatic nitrogens is 5. The van der Waals surface area contributed by atoms with Gasteiger partial charge < -0.3 is 0 Å². The Bertz CT molecular complexity index is 3030. The summed E-state index contributed by atoms with van der Waals surface area (Å²) in [5.41, 5.74) is 38.6. The van der Waals surface area contributed by atoms with Gasteiger partial charge in [0, 0.05) is 55.2 Å². The fourth-order valence-electron chi connectivity index (χ4n) is 12.3. The zero-order valence-corrected chi connectivity index (χ0v) is 44.7. The molecule has 5 heteroatoms. The predicted octanol–water partition coefficient (Wildman–Crippen LogP) is 15.4. The second-order valence-electron chi connectivity index (χ2n) is 21.1. The van der Waals surface area contributed by atoms with E-state index < -0.39 is 0 Å². The van der Waals surface area contributed by atoms with Crippen LogP contribution in [0, 0.1) is 145 Å². The van der Waals surface area contributed by atoms with Crippen LogP contribution in [0.5, 0.6) is 0 Å². The third-order valence-electron chi connectivity index (χ3n) is 17.0. The van der Waals surface area contributed by atoms with Crippen molar-refractivity contribution in [1.82, 2.24) is 24.9 Å². The molecular weight excluding hydrogens is 791 g/mol. The molecule has 0 aliphatic heterocycles. The van der Waals surface area contributed by atoms with Crippen LogP contribution in [-0.4, -0.2) is 24.9 Å². The van der Waals surface area contributed by atoms with E-state index in [0.717, 1.165) is 34.4 Å². The van der Waals surface area contributed by atoms with Gasteiger partial charge in [-0.1, -0.05) is 27.7 Å². The Balaban J connectivity index is 0.000000146. The lowest BCUT2D eigenvalue weighted by Gasteiger charge is -2.26. The third kappa shape index (κ3) is 6.79. The van der Waals surface area contributed by atoms with Gasteiger partial charge in [0.1, 0.15) is 11.6 Å². The molecular formula is C60H75N5. The smallest absolute Gasteiger partial charge is 0.126 e. The lowest BCUT2D eigenvalue weighted by atomic mass is 9.77. The van der Waals surface area contributed by atoms with Crippen LogP contribution in [0.1, 0.15) is 168 Å². The SMILES string of the molecule is Cc1c(C)c(C)c2c(C)c3c(C)c(C)c(C)c(C)c3nc2c1C.Cc1nc(C)c2c(n1)-c1c(C)c(C)c(C)c(C)c1C2(C)C.Cc1nc(C)c2c(n1)-c1c(C)c(C)c(C)c(C)c1C2(C)C. The van der Waals surface area contributed by atoms with Gasteiger partial charge in [0.25, 0.3) is 0 Å². The summed E-state index contributed by atoms with van der Waals surface area (Å²) in [4.78, 5) is 24.0. The molecule has 3 aromatic heterocycles. The Kier molecular flexibility index (Phi) is 11.7. The molecule has 0 saturated carbocycles. The molecule has 0 unspecified atom stereocenters. The molecule has 0 amide bonds. The van der Waals surface area contributed by atoms with Crippen LogP contribution in [0.2, 0.25) is 0 Å². The van der Waals surface area contributed by atoms with E-state index in [1.807, 2.05) is 13.8 Å². The maximum absolute atomic E-state index is 5.16. The number of rotatable bonds is 0. The maximum atomic E-state index is 5.16. The van der Waals surface area contributed by atoms with Gasteiger partial charge in [-0.15, -0.1) is 0 Å². The van der Waals surface area contributed by atoms with Gasteiger partial charge in [-0.25, -0.2) is 24.9 Å². The highest BCUT2D eigenvalue weighted by Crippen LogP contribution is 2.54. The van der Waals surface area contributed by atoms with E-state index in [-0.39, 0.29) is 10.8 Å². The minimum atomic E-state index is -0.0181. The van der Waals surface area contributed by atoms with Crippen molar-refractivity contribution in [3.05, 3.63) is 140 Å². The van der Waals surface area contributed by atoms with Gasteiger partial charge in [0.2, 0.25) is 0 Å². The summed E-state index contributed by atoms with van der Waals surface area (Å²) in [7, 11) is 0. The second-order valence-corrected chi connectivity index (χ2v) is 21.1. The quantitative estimate of drug-likeness (QED) is 0.142. The Morgan fingerprint density at radius 3 is 0.846 bits per heavy atom. The maximum Gasteiger partial charge on any atom is 0.126 e. The first-order chi connectivity index (χ1) is 30.0. The Labute approximate surface area is 391 Å². The van der Waals surface area contributed by atoms with Crippen LogP contribution in [0.15, 0.2) is 0 Å². The van der Waals surface area contributed by atoms with Crippen LogP contribution in [0.25, 0.3) is 44.3 Å². The molecule has 0 fully saturated rings. The molecule has 2 aliphatic rings. The minimum absolute atomic E-state index is 0.0181. The third-order valence-corrected chi connectivity index (χ3v) is 17.0. The molecule has 9 rings (SSSR count). The molecule has 0 bridgehead atoms. The Morgan fingerprint density at radius 2 is 0.523 bits per heavy atom. The van der Waals surface area contributed by atoms with E-state index in [0.29, 0.717) is 0 Å². The summed E-state index contributed by atoms with van der Waals surface area (Å²) < 4.78 is 0. The largest absolute Gasteiger partial charge is 0.247 e. The fraction of sp³-hybridized carbons (Fsp3) is 0.450. The van der Waals surface area contributed by atoms with Gasteiger partial charge in [-0.05, 0) is 251 Å². The van der Waals surface area contributed by atoms with Crippen LogP contribution in [0.4, 0.5) is 0 Å². The van der Waals surface area contributed by atoms with E-state index in [9.17, 15) is 0 Å². The fourth-order valence-corrected chi connectivity index (χ4v) is 12.3. The van der Waals surface area contributed by atoms with E-state index >= 15 is 0 Å². The number of aryl methyl sites for hydroxylation is 9. The zero-order valence-electron chi connectivity index (χ0n) is 44.7. The van der Waals surface area contributed by atoms with Gasteiger partial charge in [-0.2, -0.15) is 0 Å². The highest BCUT2D eigenvalue weighted by molar-refractivity contribution is 6.04. The van der Waals surface area contributed by atoms with E-state index in [2.05, 4.69) is 169 Å². The number of hydrogen-bond donors (Lipinski definition) is 0. The van der Waals surface area contributed by atoms with Crippen molar-refractivity contribution in [1.29, 1.82) is 0 Å². The Morgan fingerprint density at radius 1 is 0.246 bits per heavy atom. The van der Waals surface area contributed by atoms with E-state index in [4.69, 9.17) is 15.0 Å². The zero-order chi connectivity index (χ0) is 48.6. The molecule has 0 radical (unpaired) electrons. The highest BCUT2D eigenvalue weighted by Gasteiger charge is 2.43. The van der Waals surface area contributed by atoms with E-state index in [1.54, 1.807) is 0 Å². The van der Waals surface area contributed by atoms with Gasteiger partial charge in [0.15, 0.2) is 0 Å². The molecule has 0 spiro atoms.